The van der Waals surface area contributed by atoms with Gasteiger partial charge >= 0.3 is 0 Å². The van der Waals surface area contributed by atoms with Crippen molar-refractivity contribution in [2.24, 2.45) is 5.11 Å². The summed E-state index contributed by atoms with van der Waals surface area (Å²) in [6, 6.07) is 0. The molecule has 19 heavy (non-hydrogen) atoms. The second kappa shape index (κ2) is 5.51. The molecule has 0 saturated heterocycles. The monoisotopic (exact) mass is 262 g/mol. The van der Waals surface area contributed by atoms with Gasteiger partial charge < -0.3 is 14.6 Å². The van der Waals surface area contributed by atoms with Gasteiger partial charge in [-0.1, -0.05) is 5.11 Å². The van der Waals surface area contributed by atoms with E-state index >= 15 is 0 Å². The number of rotatable bonds is 5. The van der Waals surface area contributed by atoms with Gasteiger partial charge in [0.1, 0.15) is 6.33 Å². The van der Waals surface area contributed by atoms with Crippen LogP contribution in [-0.4, -0.2) is 51.4 Å². The molecule has 0 aliphatic heterocycles. The molecule has 9 heteroatoms. The molecule has 0 spiro atoms. The van der Waals surface area contributed by atoms with Gasteiger partial charge in [0.2, 0.25) is 0 Å². The van der Waals surface area contributed by atoms with E-state index in [4.69, 9.17) is 5.53 Å². The van der Waals surface area contributed by atoms with Crippen LogP contribution in [0.25, 0.3) is 21.6 Å². The zero-order valence-electron chi connectivity index (χ0n) is 10.7. The van der Waals surface area contributed by atoms with Gasteiger partial charge in [0, 0.05) is 19.0 Å². The molecule has 0 bridgehead atoms. The summed E-state index contributed by atoms with van der Waals surface area (Å²) in [5.41, 5.74) is 9.52. The molecule has 100 valence electrons. The predicted molar refractivity (Wildman–Crippen MR) is 69.7 cm³/mol. The lowest BCUT2D eigenvalue weighted by Gasteiger charge is -2.11. The zero-order valence-corrected chi connectivity index (χ0v) is 10.7. The van der Waals surface area contributed by atoms with E-state index in [-0.39, 0.29) is 13.1 Å². The topological polar surface area (TPSA) is 116 Å². The second-order valence-corrected chi connectivity index (χ2v) is 4.23. The van der Waals surface area contributed by atoms with Crippen LogP contribution in [0.1, 0.15) is 0 Å². The van der Waals surface area contributed by atoms with E-state index in [1.165, 1.54) is 6.33 Å². The maximum Gasteiger partial charge on any atom is 0.165 e. The fraction of sp³-hybridized carbons (Fsp3) is 0.500. The zero-order chi connectivity index (χ0) is 13.8. The molecule has 2 heterocycles. The minimum atomic E-state index is -0.772. The Morgan fingerprint density at radius 1 is 1.47 bits per heavy atom. The van der Waals surface area contributed by atoms with Crippen molar-refractivity contribution in [3.63, 3.8) is 0 Å². The molecule has 1 atom stereocenters. The van der Waals surface area contributed by atoms with E-state index in [0.717, 1.165) is 0 Å². The third-order valence-corrected chi connectivity index (χ3v) is 2.57. The van der Waals surface area contributed by atoms with Crippen LogP contribution < -0.4 is 4.90 Å². The van der Waals surface area contributed by atoms with Gasteiger partial charge in [0.15, 0.2) is 17.0 Å². The normalized spacial score (nSPS) is 12.2. The molecule has 0 aromatic carbocycles. The van der Waals surface area contributed by atoms with Crippen LogP contribution in [-0.2, 0) is 6.54 Å². The molecule has 9 nitrogen and oxygen atoms in total. The third kappa shape index (κ3) is 2.72. The molecule has 1 N–H and O–H groups in total. The van der Waals surface area contributed by atoms with Crippen molar-refractivity contribution < 1.29 is 5.11 Å². The first-order valence-electron chi connectivity index (χ1n) is 5.65. The van der Waals surface area contributed by atoms with E-state index in [1.54, 1.807) is 10.9 Å². The average Bonchev–Trinajstić information content (AvgIpc) is 2.79. The van der Waals surface area contributed by atoms with Crippen molar-refractivity contribution >= 4 is 17.0 Å². The van der Waals surface area contributed by atoms with Crippen molar-refractivity contribution in [3.8, 4) is 0 Å². The summed E-state index contributed by atoms with van der Waals surface area (Å²) in [5.74, 6) is 0.716. The van der Waals surface area contributed by atoms with E-state index < -0.39 is 6.10 Å². The van der Waals surface area contributed by atoms with Crippen LogP contribution in [0.2, 0.25) is 0 Å². The van der Waals surface area contributed by atoms with Crippen molar-refractivity contribution in [3.05, 3.63) is 23.1 Å². The molecule has 0 aliphatic rings. The minimum absolute atomic E-state index is 0.0157. The number of azide groups is 1. The van der Waals surface area contributed by atoms with Crippen molar-refractivity contribution in [2.45, 2.75) is 12.6 Å². The summed E-state index contributed by atoms with van der Waals surface area (Å²) in [6.07, 6.45) is 2.27. The van der Waals surface area contributed by atoms with Gasteiger partial charge in [-0.25, -0.2) is 15.0 Å². The summed E-state index contributed by atoms with van der Waals surface area (Å²) in [6.45, 7) is 0.279. The first-order chi connectivity index (χ1) is 9.13. The van der Waals surface area contributed by atoms with Gasteiger partial charge in [-0.05, 0) is 5.53 Å². The standard InChI is InChI=1S/C10H14N8O/c1-17(2)9-8-10(13-5-12-9)18(6-14-8)4-7(19)3-15-16-11/h5-7,19H,3-4H2,1-2H3. The summed E-state index contributed by atoms with van der Waals surface area (Å²) in [7, 11) is 3.74. The van der Waals surface area contributed by atoms with Gasteiger partial charge in [-0.3, -0.25) is 0 Å². The highest BCUT2D eigenvalue weighted by atomic mass is 16.3. The molecular formula is C10H14N8O. The highest BCUT2D eigenvalue weighted by molar-refractivity contribution is 5.82. The number of fused-ring (bicyclic) bond motifs is 1. The lowest BCUT2D eigenvalue weighted by molar-refractivity contribution is 0.163. The lowest BCUT2D eigenvalue weighted by Crippen LogP contribution is -2.18. The molecule has 2 aromatic heterocycles. The molecule has 0 aliphatic carbocycles. The predicted octanol–water partition coefficient (Wildman–Crippen LogP) is 0.563. The summed E-state index contributed by atoms with van der Waals surface area (Å²) < 4.78 is 1.71. The quantitative estimate of drug-likeness (QED) is 0.480. The SMILES string of the molecule is CN(C)c1ncnc2c1ncn2CC(O)CN=[N+]=[N-]. The summed E-state index contributed by atoms with van der Waals surface area (Å²) in [5, 5.41) is 13.1. The fourth-order valence-corrected chi connectivity index (χ4v) is 1.74. The molecule has 2 aromatic rings. The second-order valence-electron chi connectivity index (χ2n) is 4.23. The Bertz CT molecular complexity index is 615. The Labute approximate surface area is 109 Å². The van der Waals surface area contributed by atoms with Gasteiger partial charge in [-0.15, -0.1) is 0 Å². The van der Waals surface area contributed by atoms with Crippen molar-refractivity contribution in [1.82, 2.24) is 19.5 Å². The first-order valence-corrected chi connectivity index (χ1v) is 5.65. The Morgan fingerprint density at radius 3 is 2.95 bits per heavy atom. The fourth-order valence-electron chi connectivity index (χ4n) is 1.74. The minimum Gasteiger partial charge on any atom is -0.391 e. The van der Waals surface area contributed by atoms with E-state index in [9.17, 15) is 5.11 Å². The van der Waals surface area contributed by atoms with Crippen LogP contribution in [0.3, 0.4) is 0 Å². The largest absolute Gasteiger partial charge is 0.391 e. The highest BCUT2D eigenvalue weighted by Gasteiger charge is 2.13. The summed E-state index contributed by atoms with van der Waals surface area (Å²) >= 11 is 0. The van der Waals surface area contributed by atoms with Crippen LogP contribution in [0.5, 0.6) is 0 Å². The number of hydrogen-bond acceptors (Lipinski definition) is 6. The maximum absolute atomic E-state index is 9.72. The number of nitrogens with zero attached hydrogens (tertiary/aromatic N) is 8. The Balaban J connectivity index is 2.30. The molecule has 2 rings (SSSR count). The molecule has 1 unspecified atom stereocenters. The van der Waals surface area contributed by atoms with Crippen LogP contribution >= 0.6 is 0 Å². The number of aliphatic hydroxyl groups is 1. The van der Waals surface area contributed by atoms with Crippen LogP contribution in [0.15, 0.2) is 17.8 Å². The van der Waals surface area contributed by atoms with Gasteiger partial charge in [-0.2, -0.15) is 0 Å². The van der Waals surface area contributed by atoms with Crippen molar-refractivity contribution in [1.29, 1.82) is 0 Å². The number of hydrogen-bond donors (Lipinski definition) is 1. The lowest BCUT2D eigenvalue weighted by atomic mass is 10.3. The molecule has 0 fully saturated rings. The molecule has 0 amide bonds. The number of anilines is 1. The summed E-state index contributed by atoms with van der Waals surface area (Å²) in [4.78, 5) is 17.0. The Hall–Kier alpha value is -2.38. The molecular weight excluding hydrogens is 248 g/mol. The third-order valence-electron chi connectivity index (χ3n) is 2.57. The maximum atomic E-state index is 9.72. The molecule has 0 radical (unpaired) electrons. The number of aliphatic hydroxyl groups excluding tert-OH is 1. The van der Waals surface area contributed by atoms with E-state index in [1.807, 2.05) is 19.0 Å². The molecule has 0 saturated carbocycles. The first kappa shape index (κ1) is 13.1. The Morgan fingerprint density at radius 2 is 2.26 bits per heavy atom. The van der Waals surface area contributed by atoms with Gasteiger partial charge in [0.25, 0.3) is 0 Å². The van der Waals surface area contributed by atoms with Crippen molar-refractivity contribution in [2.75, 3.05) is 25.5 Å². The highest BCUT2D eigenvalue weighted by Crippen LogP contribution is 2.19. The smallest absolute Gasteiger partial charge is 0.165 e. The van der Waals surface area contributed by atoms with Crippen LogP contribution in [0, 0.1) is 0 Å². The van der Waals surface area contributed by atoms with E-state index in [2.05, 4.69) is 25.0 Å². The average molecular weight is 262 g/mol. The number of imidazole rings is 1. The van der Waals surface area contributed by atoms with Gasteiger partial charge in [0.05, 0.1) is 25.5 Å². The van der Waals surface area contributed by atoms with E-state index in [0.29, 0.717) is 17.0 Å². The Kier molecular flexibility index (Phi) is 3.79. The number of aromatic nitrogens is 4. The van der Waals surface area contributed by atoms with Crippen LogP contribution in [0.4, 0.5) is 5.82 Å².